The van der Waals surface area contributed by atoms with E-state index in [4.69, 9.17) is 9.16 Å². The first-order valence-electron chi connectivity index (χ1n) is 7.13. The highest BCUT2D eigenvalue weighted by molar-refractivity contribution is 6.74. The maximum Gasteiger partial charge on any atom is 0.338 e. The molecular formula is C16H24O3Si. The van der Waals surface area contributed by atoms with Crippen molar-refractivity contribution in [3.8, 4) is 11.5 Å². The Kier molecular flexibility index (Phi) is 6.01. The van der Waals surface area contributed by atoms with Crippen LogP contribution in [0.25, 0.3) is 0 Å². The van der Waals surface area contributed by atoms with Gasteiger partial charge in [0.05, 0.1) is 0 Å². The summed E-state index contributed by atoms with van der Waals surface area (Å²) in [5, 5.41) is 0. The molecule has 4 heteroatoms. The van der Waals surface area contributed by atoms with Crippen molar-refractivity contribution in [3.05, 3.63) is 36.4 Å². The van der Waals surface area contributed by atoms with Crippen LogP contribution in [0.3, 0.4) is 0 Å². The predicted molar refractivity (Wildman–Crippen MR) is 84.7 cm³/mol. The van der Waals surface area contributed by atoms with Crippen molar-refractivity contribution in [2.24, 2.45) is 0 Å². The molecule has 0 saturated heterocycles. The van der Waals surface area contributed by atoms with Crippen molar-refractivity contribution < 1.29 is 14.0 Å². The predicted octanol–water partition coefficient (Wildman–Crippen LogP) is 4.55. The van der Waals surface area contributed by atoms with E-state index >= 15 is 0 Å². The average Bonchev–Trinajstić information content (AvgIpc) is 2.46. The molecule has 0 aliphatic rings. The molecule has 1 aromatic rings. The van der Waals surface area contributed by atoms with Crippen LogP contribution in [0.2, 0.25) is 18.1 Å². The Bertz CT molecular complexity index is 453. The lowest BCUT2D eigenvalue weighted by molar-refractivity contribution is -0.130. The molecule has 0 amide bonds. The highest BCUT2D eigenvalue weighted by atomic mass is 28.4. The summed E-state index contributed by atoms with van der Waals surface area (Å²) in [4.78, 5) is 11.4. The van der Waals surface area contributed by atoms with Gasteiger partial charge >= 0.3 is 5.97 Å². The largest absolute Gasteiger partial charge is 0.544 e. The van der Waals surface area contributed by atoms with Crippen molar-refractivity contribution in [1.82, 2.24) is 0 Å². The van der Waals surface area contributed by atoms with Crippen LogP contribution in [-0.2, 0) is 4.79 Å². The molecule has 110 valence electrons. The topological polar surface area (TPSA) is 35.5 Å². The fraction of sp³-hybridized carbons (Fsp3) is 0.438. The number of rotatable bonds is 7. The highest BCUT2D eigenvalue weighted by Crippen LogP contribution is 2.27. The van der Waals surface area contributed by atoms with Crippen LogP contribution in [0.15, 0.2) is 36.4 Å². The summed E-state index contributed by atoms with van der Waals surface area (Å²) in [5.41, 5.74) is 0.389. The first-order chi connectivity index (χ1) is 9.46. The Balaban J connectivity index is 2.76. The zero-order valence-corrected chi connectivity index (χ0v) is 13.9. The van der Waals surface area contributed by atoms with Gasteiger partial charge in [-0.3, -0.25) is 0 Å². The third-order valence-electron chi connectivity index (χ3n) is 3.65. The van der Waals surface area contributed by atoms with E-state index in [-0.39, 0.29) is 0 Å². The zero-order chi connectivity index (χ0) is 15.2. The van der Waals surface area contributed by atoms with Crippen LogP contribution in [0.1, 0.15) is 27.7 Å². The zero-order valence-electron chi connectivity index (χ0n) is 12.9. The summed E-state index contributed by atoms with van der Waals surface area (Å²) >= 11 is 0. The van der Waals surface area contributed by atoms with Crippen molar-refractivity contribution in [3.63, 3.8) is 0 Å². The molecule has 0 atom stereocenters. The molecule has 0 N–H and O–H groups in total. The second-order valence-electron chi connectivity index (χ2n) is 4.99. The van der Waals surface area contributed by atoms with E-state index in [0.29, 0.717) is 11.3 Å². The second kappa shape index (κ2) is 7.29. The molecule has 0 aromatic heterocycles. The molecule has 0 fully saturated rings. The van der Waals surface area contributed by atoms with Crippen LogP contribution in [0.5, 0.6) is 11.5 Å². The first-order valence-corrected chi connectivity index (χ1v) is 9.66. The Morgan fingerprint density at radius 3 is 1.90 bits per heavy atom. The molecule has 1 rings (SSSR count). The fourth-order valence-electron chi connectivity index (χ4n) is 1.99. The molecule has 0 aliphatic carbocycles. The molecule has 0 unspecified atom stereocenters. The number of ether oxygens (including phenoxy) is 1. The second-order valence-corrected chi connectivity index (χ2v) is 9.68. The fourth-order valence-corrected chi connectivity index (χ4v) is 4.56. The summed E-state index contributed by atoms with van der Waals surface area (Å²) in [7, 11) is -1.65. The van der Waals surface area contributed by atoms with Crippen molar-refractivity contribution in [2.75, 3.05) is 0 Å². The van der Waals surface area contributed by atoms with E-state index in [2.05, 4.69) is 27.4 Å². The van der Waals surface area contributed by atoms with Crippen molar-refractivity contribution >= 4 is 14.3 Å². The van der Waals surface area contributed by atoms with E-state index in [1.54, 1.807) is 19.1 Å². The number of esters is 1. The summed E-state index contributed by atoms with van der Waals surface area (Å²) in [6.07, 6.45) is 0. The normalized spacial score (nSPS) is 11.0. The van der Waals surface area contributed by atoms with Gasteiger partial charge in [0, 0.05) is 5.57 Å². The van der Waals surface area contributed by atoms with Crippen LogP contribution < -0.4 is 9.16 Å². The lowest BCUT2D eigenvalue weighted by Crippen LogP contribution is -2.39. The lowest BCUT2D eigenvalue weighted by atomic mass is 10.3. The third kappa shape index (κ3) is 4.23. The quantitative estimate of drug-likeness (QED) is 0.320. The van der Waals surface area contributed by atoms with Crippen LogP contribution in [0.4, 0.5) is 0 Å². The van der Waals surface area contributed by atoms with Crippen LogP contribution >= 0.6 is 0 Å². The van der Waals surface area contributed by atoms with Crippen molar-refractivity contribution in [1.29, 1.82) is 0 Å². The molecule has 0 radical (unpaired) electrons. The van der Waals surface area contributed by atoms with Gasteiger partial charge in [0.25, 0.3) is 0 Å². The SMILES string of the molecule is C=C(C)C(=O)Oc1ccc(O[Si](CC)(CC)CC)cc1. The van der Waals surface area contributed by atoms with E-state index in [0.717, 1.165) is 23.9 Å². The molecule has 0 bridgehead atoms. The minimum absolute atomic E-state index is 0.389. The Hall–Kier alpha value is -1.55. The minimum Gasteiger partial charge on any atom is -0.544 e. The van der Waals surface area contributed by atoms with Gasteiger partial charge < -0.3 is 9.16 Å². The van der Waals surface area contributed by atoms with Crippen LogP contribution in [-0.4, -0.2) is 14.3 Å². The Labute approximate surface area is 122 Å². The van der Waals surface area contributed by atoms with E-state index in [1.165, 1.54) is 0 Å². The van der Waals surface area contributed by atoms with Gasteiger partial charge in [-0.05, 0) is 49.3 Å². The lowest BCUT2D eigenvalue weighted by Gasteiger charge is -2.28. The van der Waals surface area contributed by atoms with Gasteiger partial charge in [-0.15, -0.1) is 0 Å². The first kappa shape index (κ1) is 16.5. The summed E-state index contributed by atoms with van der Waals surface area (Å²) in [5.74, 6) is 0.970. The van der Waals surface area contributed by atoms with Crippen LogP contribution in [0, 0.1) is 0 Å². The van der Waals surface area contributed by atoms with Gasteiger partial charge in [-0.2, -0.15) is 0 Å². The van der Waals surface area contributed by atoms with Gasteiger partial charge in [-0.25, -0.2) is 4.79 Å². The molecule has 1 aromatic carbocycles. The molecular weight excluding hydrogens is 268 g/mol. The molecule has 20 heavy (non-hydrogen) atoms. The molecule has 3 nitrogen and oxygen atoms in total. The standard InChI is InChI=1S/C16H24O3Si/c1-6-20(7-2,8-3)19-15-11-9-14(10-12-15)18-16(17)13(4)5/h9-12H,4,6-8H2,1-3,5H3. The average molecular weight is 292 g/mol. The number of hydrogen-bond donors (Lipinski definition) is 0. The van der Waals surface area contributed by atoms with Gasteiger partial charge in [-0.1, -0.05) is 27.4 Å². The van der Waals surface area contributed by atoms with E-state index < -0.39 is 14.3 Å². The Morgan fingerprint density at radius 1 is 1.05 bits per heavy atom. The smallest absolute Gasteiger partial charge is 0.338 e. The van der Waals surface area contributed by atoms with E-state index in [9.17, 15) is 4.79 Å². The number of carbonyl (C=O) groups excluding carboxylic acids is 1. The summed E-state index contributed by atoms with van der Waals surface area (Å²) < 4.78 is 11.4. The highest BCUT2D eigenvalue weighted by Gasteiger charge is 2.30. The Morgan fingerprint density at radius 2 is 1.50 bits per heavy atom. The molecule has 0 saturated carbocycles. The van der Waals surface area contributed by atoms with Gasteiger partial charge in [0.1, 0.15) is 11.5 Å². The van der Waals surface area contributed by atoms with Gasteiger partial charge in [0.15, 0.2) is 0 Å². The third-order valence-corrected chi connectivity index (χ3v) is 8.18. The summed E-state index contributed by atoms with van der Waals surface area (Å²) in [6, 6.07) is 10.6. The summed E-state index contributed by atoms with van der Waals surface area (Å²) in [6.45, 7) is 11.8. The van der Waals surface area contributed by atoms with E-state index in [1.807, 2.05) is 12.1 Å². The molecule has 0 aliphatic heterocycles. The molecule has 0 spiro atoms. The maximum absolute atomic E-state index is 11.4. The molecule has 0 heterocycles. The van der Waals surface area contributed by atoms with Crippen molar-refractivity contribution in [2.45, 2.75) is 45.8 Å². The number of benzene rings is 1. The minimum atomic E-state index is -1.65. The number of carbonyl (C=O) groups is 1. The monoisotopic (exact) mass is 292 g/mol. The van der Waals surface area contributed by atoms with Gasteiger partial charge in [0.2, 0.25) is 8.32 Å². The maximum atomic E-state index is 11.4. The number of hydrogen-bond acceptors (Lipinski definition) is 3.